The van der Waals surface area contributed by atoms with Gasteiger partial charge in [-0.3, -0.25) is 0 Å². The molecule has 1 unspecified atom stereocenters. The predicted molar refractivity (Wildman–Crippen MR) is 54.6 cm³/mol. The summed E-state index contributed by atoms with van der Waals surface area (Å²) in [5.74, 6) is 0.350. The van der Waals surface area contributed by atoms with Crippen LogP contribution in [0.4, 0.5) is 4.39 Å². The average molecular weight is 187 g/mol. The lowest BCUT2D eigenvalue weighted by atomic mass is 9.90. The molecule has 0 aromatic rings. The Labute approximate surface area is 81.3 Å². The topological polar surface area (TPSA) is 3.24 Å². The average Bonchev–Trinajstić information content (AvgIpc) is 2.16. The van der Waals surface area contributed by atoms with Gasteiger partial charge in [-0.25, -0.2) is 4.39 Å². The van der Waals surface area contributed by atoms with E-state index in [-0.39, 0.29) is 0 Å². The first-order valence-corrected chi connectivity index (χ1v) is 5.64. The molecule has 0 N–H and O–H groups in total. The van der Waals surface area contributed by atoms with Crippen LogP contribution in [0.3, 0.4) is 0 Å². The van der Waals surface area contributed by atoms with E-state index in [0.29, 0.717) is 12.5 Å². The summed E-state index contributed by atoms with van der Waals surface area (Å²) in [6, 6.07) is 0. The molecule has 1 fully saturated rings. The third-order valence-electron chi connectivity index (χ3n) is 3.14. The van der Waals surface area contributed by atoms with Crippen LogP contribution in [0.2, 0.25) is 0 Å². The summed E-state index contributed by atoms with van der Waals surface area (Å²) in [5, 5.41) is 0. The summed E-state index contributed by atoms with van der Waals surface area (Å²) < 4.78 is 13.6. The first kappa shape index (κ1) is 11.0. The van der Waals surface area contributed by atoms with Crippen LogP contribution in [-0.2, 0) is 0 Å². The molecule has 1 rings (SSSR count). The maximum atomic E-state index is 13.6. The summed E-state index contributed by atoms with van der Waals surface area (Å²) in [4.78, 5) is 2.22. The van der Waals surface area contributed by atoms with Crippen molar-refractivity contribution in [3.8, 4) is 0 Å². The number of rotatable bonds is 4. The van der Waals surface area contributed by atoms with Crippen LogP contribution < -0.4 is 0 Å². The third kappa shape index (κ3) is 3.26. The Kier molecular flexibility index (Phi) is 4.71. The number of halogens is 1. The van der Waals surface area contributed by atoms with E-state index >= 15 is 0 Å². The van der Waals surface area contributed by atoms with Crippen molar-refractivity contribution < 1.29 is 4.39 Å². The second-order valence-electron chi connectivity index (χ2n) is 4.10. The van der Waals surface area contributed by atoms with E-state index in [2.05, 4.69) is 18.7 Å². The van der Waals surface area contributed by atoms with Crippen molar-refractivity contribution in [1.82, 2.24) is 4.90 Å². The minimum atomic E-state index is -0.569. The summed E-state index contributed by atoms with van der Waals surface area (Å²) >= 11 is 0. The van der Waals surface area contributed by atoms with E-state index in [9.17, 15) is 4.39 Å². The minimum Gasteiger partial charge on any atom is -0.301 e. The fourth-order valence-electron chi connectivity index (χ4n) is 2.09. The van der Waals surface area contributed by atoms with Gasteiger partial charge in [-0.15, -0.1) is 0 Å². The highest BCUT2D eigenvalue weighted by Gasteiger charge is 2.27. The highest BCUT2D eigenvalue weighted by atomic mass is 19.1. The molecular formula is C11H22FN. The lowest BCUT2D eigenvalue weighted by Crippen LogP contribution is -2.41. The Morgan fingerprint density at radius 2 is 2.15 bits per heavy atom. The van der Waals surface area contributed by atoms with Crippen LogP contribution >= 0.6 is 0 Å². The smallest absolute Gasteiger partial charge is 0.116 e. The largest absolute Gasteiger partial charge is 0.301 e. The number of nitrogens with zero attached hydrogens (tertiary/aromatic N) is 1. The van der Waals surface area contributed by atoms with Crippen LogP contribution in [0.25, 0.3) is 0 Å². The fourth-order valence-corrected chi connectivity index (χ4v) is 2.09. The molecule has 0 aromatic heterocycles. The molecule has 1 aliphatic rings. The van der Waals surface area contributed by atoms with Crippen LogP contribution in [0.15, 0.2) is 0 Å². The highest BCUT2D eigenvalue weighted by molar-refractivity contribution is 4.79. The molecule has 2 atom stereocenters. The summed E-state index contributed by atoms with van der Waals surface area (Å²) in [6.07, 6.45) is 3.97. The fraction of sp³-hybridized carbons (Fsp3) is 1.00. The maximum Gasteiger partial charge on any atom is 0.116 e. The molecule has 0 aliphatic carbocycles. The normalized spacial score (nSPS) is 30.7. The van der Waals surface area contributed by atoms with Gasteiger partial charge in [0.25, 0.3) is 0 Å². The van der Waals surface area contributed by atoms with Gasteiger partial charge in [-0.1, -0.05) is 26.7 Å². The molecule has 0 saturated carbocycles. The molecule has 2 heteroatoms. The van der Waals surface area contributed by atoms with Gasteiger partial charge in [-0.05, 0) is 31.8 Å². The Hall–Kier alpha value is -0.110. The van der Waals surface area contributed by atoms with Gasteiger partial charge in [0.2, 0.25) is 0 Å². The van der Waals surface area contributed by atoms with Crippen LogP contribution in [0.5, 0.6) is 0 Å². The summed E-state index contributed by atoms with van der Waals surface area (Å²) in [5.41, 5.74) is 0. The van der Waals surface area contributed by atoms with E-state index in [1.54, 1.807) is 0 Å². The van der Waals surface area contributed by atoms with Crippen molar-refractivity contribution in [3.05, 3.63) is 0 Å². The Bertz CT molecular complexity index is 138. The Morgan fingerprint density at radius 3 is 2.69 bits per heavy atom. The Morgan fingerprint density at radius 1 is 1.38 bits per heavy atom. The zero-order valence-corrected chi connectivity index (χ0v) is 8.93. The van der Waals surface area contributed by atoms with E-state index in [1.807, 2.05) is 0 Å². The second kappa shape index (κ2) is 5.58. The predicted octanol–water partition coefficient (Wildman–Crippen LogP) is 2.86. The van der Waals surface area contributed by atoms with Crippen molar-refractivity contribution in [2.24, 2.45) is 5.92 Å². The standard InChI is InChI=1S/C11H22FN/c1-3-5-6-10-7-8-13(4-2)9-11(10)12/h10-11H,3-9H2,1-2H3/t10?,11-/m0/s1. The minimum absolute atomic E-state index is 0.350. The quantitative estimate of drug-likeness (QED) is 0.654. The molecule has 0 aromatic carbocycles. The van der Waals surface area contributed by atoms with E-state index in [0.717, 1.165) is 25.9 Å². The van der Waals surface area contributed by atoms with Crippen molar-refractivity contribution in [1.29, 1.82) is 0 Å². The van der Waals surface area contributed by atoms with Crippen molar-refractivity contribution in [2.75, 3.05) is 19.6 Å². The molecule has 1 aliphatic heterocycles. The first-order chi connectivity index (χ1) is 6.27. The lowest BCUT2D eigenvalue weighted by molar-refractivity contribution is 0.0828. The number of likely N-dealkylation sites (tertiary alicyclic amines) is 1. The number of hydrogen-bond donors (Lipinski definition) is 0. The Balaban J connectivity index is 2.26. The van der Waals surface area contributed by atoms with E-state index < -0.39 is 6.17 Å². The molecular weight excluding hydrogens is 165 g/mol. The lowest BCUT2D eigenvalue weighted by Gasteiger charge is -2.33. The van der Waals surface area contributed by atoms with Gasteiger partial charge in [0.15, 0.2) is 0 Å². The van der Waals surface area contributed by atoms with E-state index in [4.69, 9.17) is 0 Å². The van der Waals surface area contributed by atoms with Crippen LogP contribution in [0.1, 0.15) is 39.5 Å². The molecule has 1 nitrogen and oxygen atoms in total. The maximum absolute atomic E-state index is 13.6. The molecule has 1 saturated heterocycles. The van der Waals surface area contributed by atoms with Crippen molar-refractivity contribution in [3.63, 3.8) is 0 Å². The summed E-state index contributed by atoms with van der Waals surface area (Å²) in [7, 11) is 0. The zero-order chi connectivity index (χ0) is 9.68. The van der Waals surface area contributed by atoms with Gasteiger partial charge < -0.3 is 4.90 Å². The van der Waals surface area contributed by atoms with Gasteiger partial charge >= 0.3 is 0 Å². The van der Waals surface area contributed by atoms with Gasteiger partial charge in [0.1, 0.15) is 6.17 Å². The molecule has 0 bridgehead atoms. The number of hydrogen-bond acceptors (Lipinski definition) is 1. The van der Waals surface area contributed by atoms with E-state index in [1.165, 1.54) is 12.8 Å². The number of alkyl halides is 1. The molecule has 13 heavy (non-hydrogen) atoms. The third-order valence-corrected chi connectivity index (χ3v) is 3.14. The van der Waals surface area contributed by atoms with Crippen LogP contribution in [-0.4, -0.2) is 30.7 Å². The van der Waals surface area contributed by atoms with Crippen molar-refractivity contribution >= 4 is 0 Å². The monoisotopic (exact) mass is 187 g/mol. The van der Waals surface area contributed by atoms with Gasteiger partial charge in [-0.2, -0.15) is 0 Å². The number of piperidine rings is 1. The van der Waals surface area contributed by atoms with Gasteiger partial charge in [0, 0.05) is 6.54 Å². The SMILES string of the molecule is CCCCC1CCN(CC)C[C@@H]1F. The van der Waals surface area contributed by atoms with Crippen LogP contribution in [0, 0.1) is 5.92 Å². The van der Waals surface area contributed by atoms with Gasteiger partial charge in [0.05, 0.1) is 0 Å². The van der Waals surface area contributed by atoms with Crippen molar-refractivity contribution in [2.45, 2.75) is 45.7 Å². The molecule has 0 amide bonds. The molecule has 78 valence electrons. The molecule has 1 heterocycles. The zero-order valence-electron chi connectivity index (χ0n) is 8.93. The number of unbranched alkanes of at least 4 members (excludes halogenated alkanes) is 1. The summed E-state index contributed by atoms with van der Waals surface area (Å²) in [6.45, 7) is 7.06. The highest BCUT2D eigenvalue weighted by Crippen LogP contribution is 2.25. The molecule has 0 radical (unpaired) electrons. The first-order valence-electron chi connectivity index (χ1n) is 5.64. The molecule has 0 spiro atoms. The second-order valence-corrected chi connectivity index (χ2v) is 4.10.